The summed E-state index contributed by atoms with van der Waals surface area (Å²) in [6.07, 6.45) is 5.78. The molecular weight excluding hydrogens is 698 g/mol. The van der Waals surface area contributed by atoms with Crippen LogP contribution in [0.5, 0.6) is 11.5 Å². The average Bonchev–Trinajstić information content (AvgIpc) is 3.79. The van der Waals surface area contributed by atoms with E-state index >= 15 is 0 Å². The van der Waals surface area contributed by atoms with E-state index in [1.54, 1.807) is 27.1 Å². The van der Waals surface area contributed by atoms with Gasteiger partial charge in [0.1, 0.15) is 17.6 Å². The summed E-state index contributed by atoms with van der Waals surface area (Å²) in [7, 11) is -1.31. The van der Waals surface area contributed by atoms with Crippen LogP contribution in [0.3, 0.4) is 0 Å². The molecule has 0 radical (unpaired) electrons. The second-order valence-corrected chi connectivity index (χ2v) is 14.2. The zero-order valence-electron chi connectivity index (χ0n) is 28.2. The van der Waals surface area contributed by atoms with Crippen molar-refractivity contribution in [2.24, 2.45) is 5.92 Å². The van der Waals surface area contributed by atoms with Crippen molar-refractivity contribution in [1.82, 2.24) is 25.4 Å². The molecule has 1 aromatic heterocycles. The van der Waals surface area contributed by atoms with Crippen LogP contribution in [0.25, 0.3) is 17.0 Å². The molecule has 3 aromatic rings. The second kappa shape index (κ2) is 14.8. The maximum Gasteiger partial charge on any atom is 0.534 e. The van der Waals surface area contributed by atoms with Gasteiger partial charge in [0.25, 0.3) is 5.91 Å². The zero-order chi connectivity index (χ0) is 37.2. The average molecular weight is 736 g/mol. The Balaban J connectivity index is 1.34. The Morgan fingerprint density at radius 2 is 1.82 bits per heavy atom. The summed E-state index contributed by atoms with van der Waals surface area (Å²) < 4.78 is 86.5. The fourth-order valence-corrected chi connectivity index (χ4v) is 6.16. The normalized spacial score (nSPS) is 18.6. The van der Waals surface area contributed by atoms with Crippen LogP contribution in [0, 0.1) is 11.7 Å². The molecule has 12 nitrogen and oxygen atoms in total. The van der Waals surface area contributed by atoms with E-state index in [0.29, 0.717) is 22.4 Å². The van der Waals surface area contributed by atoms with Gasteiger partial charge in [-0.25, -0.2) is 9.37 Å². The third-order valence-electron chi connectivity index (χ3n) is 8.76. The van der Waals surface area contributed by atoms with Crippen molar-refractivity contribution in [2.45, 2.75) is 49.8 Å². The van der Waals surface area contributed by atoms with Gasteiger partial charge in [0.05, 0.1) is 25.2 Å². The molecule has 1 aliphatic heterocycles. The van der Waals surface area contributed by atoms with Gasteiger partial charge < -0.3 is 29.4 Å². The van der Waals surface area contributed by atoms with E-state index in [0.717, 1.165) is 26.0 Å². The van der Waals surface area contributed by atoms with Crippen molar-refractivity contribution in [1.29, 1.82) is 0 Å². The molecule has 0 spiro atoms. The highest BCUT2D eigenvalue weighted by atomic mass is 32.2. The summed E-state index contributed by atoms with van der Waals surface area (Å²) in [5, 5.41) is 5.84. The molecule has 3 amide bonds. The summed E-state index contributed by atoms with van der Waals surface area (Å²) in [6.45, 7) is 1.27. The van der Waals surface area contributed by atoms with Gasteiger partial charge in [-0.2, -0.15) is 21.6 Å². The maximum absolute atomic E-state index is 13.8. The summed E-state index contributed by atoms with van der Waals surface area (Å²) in [5.74, 6) is -2.91. The third kappa shape index (κ3) is 8.76. The van der Waals surface area contributed by atoms with Crippen molar-refractivity contribution in [3.8, 4) is 11.5 Å². The first-order valence-electron chi connectivity index (χ1n) is 16.0. The highest BCUT2D eigenvalue weighted by molar-refractivity contribution is 7.88. The Morgan fingerprint density at radius 1 is 1.10 bits per heavy atom. The minimum atomic E-state index is -6.04. The molecule has 2 heterocycles. The van der Waals surface area contributed by atoms with Crippen LogP contribution >= 0.6 is 0 Å². The standard InChI is InChI=1S/C34H37F4N5O7S/c1-19(25-16-30(50-51(47,48)34(36,37)38)29(49-4)14-21(25)8-7-20-5-6-20)40-33(46)28-15-24(42(2)3)18-43(28)31(44)17-39-32(45)27-11-9-22-13-23(35)10-12-26(22)41-27/h7-14,16,19-20,24,28H,5-6,15,17-18H2,1-4H3,(H,39,45)(H,40,46)/b8-7+/t19-,24+,28?/m0/s1. The molecule has 2 aromatic carbocycles. The predicted molar refractivity (Wildman–Crippen MR) is 179 cm³/mol. The van der Waals surface area contributed by atoms with Crippen molar-refractivity contribution in [3.63, 3.8) is 0 Å². The van der Waals surface area contributed by atoms with Crippen LogP contribution in [0.4, 0.5) is 17.6 Å². The number of fused-ring (bicyclic) bond motifs is 1. The lowest BCUT2D eigenvalue weighted by Crippen LogP contribution is -2.49. The smallest absolute Gasteiger partial charge is 0.493 e. The number of carbonyl (C=O) groups is 3. The van der Waals surface area contributed by atoms with Crippen LogP contribution in [-0.4, -0.2) is 92.8 Å². The summed E-state index contributed by atoms with van der Waals surface area (Å²) in [4.78, 5) is 47.6. The first-order chi connectivity index (χ1) is 24.0. The number of likely N-dealkylation sites (N-methyl/N-ethyl adjacent to an activating group) is 1. The summed E-state index contributed by atoms with van der Waals surface area (Å²) in [5.41, 5.74) is -4.61. The summed E-state index contributed by atoms with van der Waals surface area (Å²) in [6, 6.07) is 7.16. The summed E-state index contributed by atoms with van der Waals surface area (Å²) >= 11 is 0. The molecular formula is C34H37F4N5O7S. The number of nitrogens with one attached hydrogen (secondary N) is 2. The predicted octanol–water partition coefficient (Wildman–Crippen LogP) is 4.17. The zero-order valence-corrected chi connectivity index (χ0v) is 29.0. The number of allylic oxidation sites excluding steroid dienone is 1. The number of amides is 3. The van der Waals surface area contributed by atoms with E-state index in [2.05, 4.69) is 19.8 Å². The Labute approximate surface area is 291 Å². The SMILES string of the molecule is COc1cc(/C=C/C2CC2)c([C@H](C)NC(=O)C2C[C@@H](N(C)C)CN2C(=O)CNC(=O)c2ccc3cc(F)ccc3n2)cc1OS(=O)(=O)C(F)(F)F. The molecule has 1 unspecified atom stereocenters. The van der Waals surface area contributed by atoms with Crippen LogP contribution in [0.15, 0.2) is 48.5 Å². The Kier molecular flexibility index (Phi) is 10.9. The molecule has 5 rings (SSSR count). The first-order valence-corrected chi connectivity index (χ1v) is 17.4. The number of halogens is 4. The van der Waals surface area contributed by atoms with E-state index in [9.17, 15) is 40.4 Å². The molecule has 1 saturated heterocycles. The largest absolute Gasteiger partial charge is 0.534 e. The van der Waals surface area contributed by atoms with Crippen LogP contribution < -0.4 is 19.6 Å². The second-order valence-electron chi connectivity index (χ2n) is 12.7. The number of nitrogens with zero attached hydrogens (tertiary/aromatic N) is 3. The first kappa shape index (κ1) is 37.5. The molecule has 2 fully saturated rings. The van der Waals surface area contributed by atoms with Gasteiger partial charge in [-0.15, -0.1) is 0 Å². The monoisotopic (exact) mass is 735 g/mol. The number of benzene rings is 2. The number of ether oxygens (including phenoxy) is 1. The van der Waals surface area contributed by atoms with E-state index in [4.69, 9.17) is 4.74 Å². The molecule has 2 aliphatic rings. The molecule has 17 heteroatoms. The third-order valence-corrected chi connectivity index (χ3v) is 9.73. The fourth-order valence-electron chi connectivity index (χ4n) is 5.70. The van der Waals surface area contributed by atoms with Gasteiger partial charge in [-0.05, 0) is 93.7 Å². The van der Waals surface area contributed by atoms with Crippen molar-refractivity contribution in [3.05, 3.63) is 71.2 Å². The lowest BCUT2D eigenvalue weighted by atomic mass is 9.99. The van der Waals surface area contributed by atoms with Gasteiger partial charge in [-0.3, -0.25) is 14.4 Å². The molecule has 1 saturated carbocycles. The van der Waals surface area contributed by atoms with Crippen LogP contribution in [0.2, 0.25) is 0 Å². The number of alkyl halides is 3. The molecule has 51 heavy (non-hydrogen) atoms. The number of carbonyl (C=O) groups excluding carboxylic acids is 3. The van der Waals surface area contributed by atoms with Gasteiger partial charge in [-0.1, -0.05) is 18.2 Å². The Hall–Kier alpha value is -4.77. The Bertz CT molecular complexity index is 1970. The van der Waals surface area contributed by atoms with E-state index in [-0.39, 0.29) is 36.0 Å². The molecule has 274 valence electrons. The lowest BCUT2D eigenvalue weighted by Gasteiger charge is -2.26. The van der Waals surface area contributed by atoms with Crippen molar-refractivity contribution < 1.29 is 49.3 Å². The highest BCUT2D eigenvalue weighted by Crippen LogP contribution is 2.39. The van der Waals surface area contributed by atoms with E-state index in [1.807, 2.05) is 11.0 Å². The minimum absolute atomic E-state index is 0.00929. The topological polar surface area (TPSA) is 147 Å². The fraction of sp³-hybridized carbons (Fsp3) is 0.412. The molecule has 1 aliphatic carbocycles. The number of rotatable bonds is 12. The maximum atomic E-state index is 13.8. The number of aromatic nitrogens is 1. The van der Waals surface area contributed by atoms with Gasteiger partial charge in [0.15, 0.2) is 11.5 Å². The molecule has 3 atom stereocenters. The number of hydrogen-bond donors (Lipinski definition) is 2. The van der Waals surface area contributed by atoms with E-state index in [1.165, 1.54) is 41.3 Å². The number of methoxy groups -OCH3 is 1. The Morgan fingerprint density at radius 3 is 2.47 bits per heavy atom. The number of hydrogen-bond acceptors (Lipinski definition) is 9. The van der Waals surface area contributed by atoms with Crippen molar-refractivity contribution in [2.75, 3.05) is 34.3 Å². The minimum Gasteiger partial charge on any atom is -0.493 e. The highest BCUT2D eigenvalue weighted by Gasteiger charge is 2.49. The van der Waals surface area contributed by atoms with Crippen molar-refractivity contribution >= 4 is 44.8 Å². The van der Waals surface area contributed by atoms with Gasteiger partial charge in [0, 0.05) is 18.0 Å². The number of pyridine rings is 1. The van der Waals surface area contributed by atoms with Gasteiger partial charge in [0.2, 0.25) is 11.8 Å². The van der Waals surface area contributed by atoms with E-state index < -0.39 is 63.5 Å². The van der Waals surface area contributed by atoms with Crippen LogP contribution in [-0.2, 0) is 19.7 Å². The van der Waals surface area contributed by atoms with Crippen LogP contribution in [0.1, 0.15) is 53.8 Å². The van der Waals surface area contributed by atoms with Gasteiger partial charge >= 0.3 is 15.6 Å². The number of likely N-dealkylation sites (tertiary alicyclic amines) is 1. The molecule has 0 bridgehead atoms. The molecule has 2 N–H and O–H groups in total. The lowest BCUT2D eigenvalue weighted by molar-refractivity contribution is -0.138. The quantitative estimate of drug-likeness (QED) is 0.159.